The molecule has 0 saturated carbocycles. The highest BCUT2D eigenvalue weighted by atomic mass is 32.1. The maximum absolute atomic E-state index is 12.4. The molecule has 1 aromatic rings. The van der Waals surface area contributed by atoms with Crippen LogP contribution in [0.3, 0.4) is 0 Å². The summed E-state index contributed by atoms with van der Waals surface area (Å²) < 4.78 is 5.41. The van der Waals surface area contributed by atoms with E-state index >= 15 is 0 Å². The van der Waals surface area contributed by atoms with Crippen molar-refractivity contribution in [3.63, 3.8) is 0 Å². The first kappa shape index (κ1) is 15.9. The second kappa shape index (κ2) is 6.13. The van der Waals surface area contributed by atoms with E-state index < -0.39 is 11.6 Å². The molecule has 1 aromatic heterocycles. The van der Waals surface area contributed by atoms with E-state index in [0.717, 1.165) is 17.1 Å². The second-order valence-electron chi connectivity index (χ2n) is 6.31. The van der Waals surface area contributed by atoms with E-state index in [1.165, 1.54) is 11.3 Å². The van der Waals surface area contributed by atoms with Crippen molar-refractivity contribution in [1.29, 1.82) is 0 Å². The Morgan fingerprint density at radius 2 is 2.19 bits per heavy atom. The fraction of sp³-hybridized carbons (Fsp3) is 0.667. The molecule has 1 aliphatic heterocycles. The Kier molecular flexibility index (Phi) is 4.66. The molecule has 1 amide bonds. The van der Waals surface area contributed by atoms with Gasteiger partial charge in [-0.2, -0.15) is 0 Å². The lowest BCUT2D eigenvalue weighted by Crippen LogP contribution is -2.44. The molecule has 0 aromatic carbocycles. The fourth-order valence-corrected chi connectivity index (χ4v) is 3.04. The number of esters is 1. The lowest BCUT2D eigenvalue weighted by molar-refractivity contribution is -0.163. The van der Waals surface area contributed by atoms with E-state index in [9.17, 15) is 9.59 Å². The number of amides is 1. The quantitative estimate of drug-likeness (QED) is 0.804. The lowest BCUT2D eigenvalue weighted by Gasteiger charge is -2.27. The molecule has 5 nitrogen and oxygen atoms in total. The summed E-state index contributed by atoms with van der Waals surface area (Å²) >= 11 is 1.53. The van der Waals surface area contributed by atoms with Gasteiger partial charge in [-0.1, -0.05) is 0 Å². The third-order valence-electron chi connectivity index (χ3n) is 3.25. The maximum Gasteiger partial charge on any atom is 0.329 e. The van der Waals surface area contributed by atoms with E-state index in [4.69, 9.17) is 4.74 Å². The molecule has 1 atom stereocenters. The largest absolute Gasteiger partial charge is 0.458 e. The number of ether oxygens (including phenoxy) is 1. The van der Waals surface area contributed by atoms with Gasteiger partial charge in [0, 0.05) is 11.9 Å². The van der Waals surface area contributed by atoms with Gasteiger partial charge in [0.2, 0.25) is 5.91 Å². The van der Waals surface area contributed by atoms with Gasteiger partial charge in [0.1, 0.15) is 11.6 Å². The van der Waals surface area contributed by atoms with Gasteiger partial charge in [0.05, 0.1) is 17.1 Å². The summed E-state index contributed by atoms with van der Waals surface area (Å²) in [6, 6.07) is -0.448. The molecule has 116 valence electrons. The number of hydrogen-bond donors (Lipinski definition) is 0. The number of aromatic nitrogens is 1. The SMILES string of the molecule is Cc1nc(CC(=O)N2CCC[C@@H]2C(=O)OC(C)(C)C)cs1. The van der Waals surface area contributed by atoms with E-state index in [-0.39, 0.29) is 18.3 Å². The molecule has 2 rings (SSSR count). The van der Waals surface area contributed by atoms with Gasteiger partial charge in [-0.25, -0.2) is 9.78 Å². The van der Waals surface area contributed by atoms with Crippen LogP contribution in [-0.2, 0) is 20.7 Å². The first-order valence-electron chi connectivity index (χ1n) is 7.19. The van der Waals surface area contributed by atoms with Gasteiger partial charge in [0.25, 0.3) is 0 Å². The van der Waals surface area contributed by atoms with Crippen LogP contribution >= 0.6 is 11.3 Å². The summed E-state index contributed by atoms with van der Waals surface area (Å²) in [7, 11) is 0. The molecule has 0 N–H and O–H groups in total. The Balaban J connectivity index is 2.00. The van der Waals surface area contributed by atoms with Crippen LogP contribution in [-0.4, -0.2) is 39.9 Å². The number of rotatable bonds is 3. The number of likely N-dealkylation sites (tertiary alicyclic amines) is 1. The Bertz CT molecular complexity index is 533. The number of hydrogen-bond acceptors (Lipinski definition) is 5. The lowest BCUT2D eigenvalue weighted by atomic mass is 10.1. The van der Waals surface area contributed by atoms with Crippen LogP contribution in [0.4, 0.5) is 0 Å². The zero-order valence-electron chi connectivity index (χ0n) is 13.0. The first-order valence-corrected chi connectivity index (χ1v) is 8.07. The van der Waals surface area contributed by atoms with Crippen LogP contribution in [0.2, 0.25) is 0 Å². The molecule has 6 heteroatoms. The Morgan fingerprint density at radius 3 is 2.76 bits per heavy atom. The van der Waals surface area contributed by atoms with E-state index in [1.807, 2.05) is 33.1 Å². The van der Waals surface area contributed by atoms with Crippen molar-refractivity contribution in [2.24, 2.45) is 0 Å². The van der Waals surface area contributed by atoms with Crippen LogP contribution in [0.5, 0.6) is 0 Å². The molecule has 0 aliphatic carbocycles. The third kappa shape index (κ3) is 4.27. The van der Waals surface area contributed by atoms with E-state index in [2.05, 4.69) is 4.98 Å². The number of carbonyl (C=O) groups is 2. The predicted molar refractivity (Wildman–Crippen MR) is 81.1 cm³/mol. The summed E-state index contributed by atoms with van der Waals surface area (Å²) in [5.74, 6) is -0.350. The standard InChI is InChI=1S/C15H22N2O3S/c1-10-16-11(9-21-10)8-13(18)17-7-5-6-12(17)14(19)20-15(2,3)4/h9,12H,5-8H2,1-4H3/t12-/m1/s1. The molecular formula is C15H22N2O3S. The minimum atomic E-state index is -0.527. The van der Waals surface area contributed by atoms with Gasteiger partial charge in [0.15, 0.2) is 0 Å². The first-order chi connectivity index (χ1) is 9.76. The van der Waals surface area contributed by atoms with Gasteiger partial charge < -0.3 is 9.64 Å². The minimum Gasteiger partial charge on any atom is -0.458 e. The summed E-state index contributed by atoms with van der Waals surface area (Å²) in [6.45, 7) is 8.04. The Labute approximate surface area is 129 Å². The van der Waals surface area contributed by atoms with Gasteiger partial charge in [-0.3, -0.25) is 4.79 Å². The molecule has 0 unspecified atom stereocenters. The van der Waals surface area contributed by atoms with Crippen LogP contribution < -0.4 is 0 Å². The molecule has 0 spiro atoms. The Hall–Kier alpha value is -1.43. The molecule has 1 fully saturated rings. The molecule has 0 radical (unpaired) electrons. The summed E-state index contributed by atoms with van der Waals surface area (Å²) in [6.07, 6.45) is 1.77. The van der Waals surface area contributed by atoms with Crippen molar-refractivity contribution < 1.29 is 14.3 Å². The van der Waals surface area contributed by atoms with Crippen molar-refractivity contribution >= 4 is 23.2 Å². The van der Waals surface area contributed by atoms with E-state index in [0.29, 0.717) is 13.0 Å². The average Bonchev–Trinajstić information content (AvgIpc) is 2.95. The zero-order valence-corrected chi connectivity index (χ0v) is 13.8. The van der Waals surface area contributed by atoms with Crippen molar-refractivity contribution in [1.82, 2.24) is 9.88 Å². The molecule has 0 bridgehead atoms. The minimum absolute atomic E-state index is 0.0475. The summed E-state index contributed by atoms with van der Waals surface area (Å²) in [5.41, 5.74) is 0.248. The monoisotopic (exact) mass is 310 g/mol. The number of nitrogens with zero attached hydrogens (tertiary/aromatic N) is 2. The van der Waals surface area contributed by atoms with Crippen LogP contribution in [0.25, 0.3) is 0 Å². The summed E-state index contributed by atoms with van der Waals surface area (Å²) in [4.78, 5) is 30.5. The van der Waals surface area contributed by atoms with Gasteiger partial charge >= 0.3 is 5.97 Å². The van der Waals surface area contributed by atoms with Crippen molar-refractivity contribution in [3.8, 4) is 0 Å². The van der Waals surface area contributed by atoms with Crippen molar-refractivity contribution in [3.05, 3.63) is 16.1 Å². The Morgan fingerprint density at radius 1 is 1.48 bits per heavy atom. The van der Waals surface area contributed by atoms with Crippen molar-refractivity contribution in [2.45, 2.75) is 58.6 Å². The highest BCUT2D eigenvalue weighted by Gasteiger charge is 2.36. The number of aryl methyl sites for hydroxylation is 1. The summed E-state index contributed by atoms with van der Waals surface area (Å²) in [5, 5.41) is 2.84. The second-order valence-corrected chi connectivity index (χ2v) is 7.38. The maximum atomic E-state index is 12.4. The van der Waals surface area contributed by atoms with E-state index in [1.54, 1.807) is 4.90 Å². The smallest absolute Gasteiger partial charge is 0.329 e. The normalized spacial score (nSPS) is 18.9. The van der Waals surface area contributed by atoms with Crippen LogP contribution in [0, 0.1) is 6.92 Å². The van der Waals surface area contributed by atoms with Gasteiger partial charge in [-0.15, -0.1) is 11.3 Å². The number of carbonyl (C=O) groups excluding carboxylic acids is 2. The topological polar surface area (TPSA) is 59.5 Å². The zero-order chi connectivity index (χ0) is 15.6. The molecule has 21 heavy (non-hydrogen) atoms. The van der Waals surface area contributed by atoms with Gasteiger partial charge in [-0.05, 0) is 40.5 Å². The highest BCUT2D eigenvalue weighted by molar-refractivity contribution is 7.09. The highest BCUT2D eigenvalue weighted by Crippen LogP contribution is 2.22. The molecular weight excluding hydrogens is 288 g/mol. The molecule has 2 heterocycles. The third-order valence-corrected chi connectivity index (χ3v) is 4.07. The molecule has 1 saturated heterocycles. The van der Waals surface area contributed by atoms with Crippen LogP contribution in [0.1, 0.15) is 44.3 Å². The molecule has 1 aliphatic rings. The predicted octanol–water partition coefficient (Wildman–Crippen LogP) is 2.33. The fourth-order valence-electron chi connectivity index (χ4n) is 2.43. The van der Waals surface area contributed by atoms with Crippen LogP contribution in [0.15, 0.2) is 5.38 Å². The van der Waals surface area contributed by atoms with Crippen molar-refractivity contribution in [2.75, 3.05) is 6.54 Å². The average molecular weight is 310 g/mol. The number of thiazole rings is 1.